The van der Waals surface area contributed by atoms with E-state index in [9.17, 15) is 9.90 Å². The van der Waals surface area contributed by atoms with Crippen molar-refractivity contribution < 1.29 is 9.90 Å². The van der Waals surface area contributed by atoms with Crippen LogP contribution in [0.15, 0.2) is 60.7 Å². The highest BCUT2D eigenvalue weighted by atomic mass is 16.4. The lowest BCUT2D eigenvalue weighted by atomic mass is 9.78. The van der Waals surface area contributed by atoms with Gasteiger partial charge < -0.3 is 15.7 Å². The predicted octanol–water partition coefficient (Wildman–Crippen LogP) is 8.00. The van der Waals surface area contributed by atoms with Gasteiger partial charge in [0.1, 0.15) is 5.82 Å². The van der Waals surface area contributed by atoms with Crippen LogP contribution in [0, 0.1) is 11.8 Å². The summed E-state index contributed by atoms with van der Waals surface area (Å²) < 4.78 is 0. The van der Waals surface area contributed by atoms with Crippen molar-refractivity contribution in [3.63, 3.8) is 0 Å². The lowest BCUT2D eigenvalue weighted by molar-refractivity contribution is -0.143. The van der Waals surface area contributed by atoms with Crippen LogP contribution in [0.4, 0.5) is 11.8 Å². The fraction of sp³-hybridized carbons (Fsp3) is 0.564. The number of nitrogens with one attached hydrogen (secondary N) is 2. The van der Waals surface area contributed by atoms with Crippen molar-refractivity contribution >= 4 is 17.7 Å². The molecule has 7 rings (SSSR count). The maximum Gasteiger partial charge on any atom is 0.306 e. The maximum absolute atomic E-state index is 11.6. The van der Waals surface area contributed by atoms with Gasteiger partial charge in [0.05, 0.1) is 17.7 Å². The van der Waals surface area contributed by atoms with E-state index in [2.05, 4.69) is 83.1 Å². The van der Waals surface area contributed by atoms with Crippen molar-refractivity contribution in [1.82, 2.24) is 14.9 Å². The van der Waals surface area contributed by atoms with E-state index in [-0.39, 0.29) is 18.0 Å². The van der Waals surface area contributed by atoms with Crippen LogP contribution in [0.25, 0.3) is 0 Å². The number of anilines is 2. The van der Waals surface area contributed by atoms with Gasteiger partial charge in [-0.15, -0.1) is 0 Å². The molecule has 0 unspecified atom stereocenters. The molecule has 0 spiro atoms. The lowest BCUT2D eigenvalue weighted by Gasteiger charge is -2.38. The summed E-state index contributed by atoms with van der Waals surface area (Å²) in [5.41, 5.74) is 5.14. The number of carboxylic acids is 1. The molecule has 0 amide bonds. The lowest BCUT2D eigenvalue weighted by Crippen LogP contribution is -2.43. The number of rotatable bonds is 11. The van der Waals surface area contributed by atoms with Gasteiger partial charge in [0.2, 0.25) is 5.95 Å². The smallest absolute Gasteiger partial charge is 0.306 e. The predicted molar refractivity (Wildman–Crippen MR) is 184 cm³/mol. The summed E-state index contributed by atoms with van der Waals surface area (Å²) in [5, 5.41) is 17.4. The molecule has 46 heavy (non-hydrogen) atoms. The summed E-state index contributed by atoms with van der Waals surface area (Å²) in [4.78, 5) is 24.9. The monoisotopic (exact) mass is 621 g/mol. The summed E-state index contributed by atoms with van der Waals surface area (Å²) in [6.45, 7) is 3.22. The third kappa shape index (κ3) is 6.80. The Balaban J connectivity index is 1.19. The molecule has 2 aliphatic heterocycles. The van der Waals surface area contributed by atoms with Gasteiger partial charge in [-0.1, -0.05) is 74.0 Å². The second-order valence-electron chi connectivity index (χ2n) is 14.4. The molecule has 4 aliphatic rings. The quantitative estimate of drug-likeness (QED) is 0.200. The first-order valence-corrected chi connectivity index (χ1v) is 18.1. The van der Waals surface area contributed by atoms with Gasteiger partial charge in [0.15, 0.2) is 0 Å². The topological polar surface area (TPSA) is 90.4 Å². The first-order chi connectivity index (χ1) is 22.6. The minimum Gasteiger partial charge on any atom is -0.481 e. The molecule has 2 aliphatic carbocycles. The third-order valence-electron chi connectivity index (χ3n) is 11.7. The molecule has 3 aromatic rings. The second kappa shape index (κ2) is 14.1. The maximum atomic E-state index is 11.6. The van der Waals surface area contributed by atoms with Gasteiger partial charge in [-0.3, -0.25) is 9.69 Å². The number of nitrogens with zero attached hydrogens (tertiary/aromatic N) is 3. The summed E-state index contributed by atoms with van der Waals surface area (Å²) in [5.74, 6) is 1.75. The van der Waals surface area contributed by atoms with E-state index in [1.807, 2.05) is 0 Å². The van der Waals surface area contributed by atoms with E-state index in [0.717, 1.165) is 69.7 Å². The first-order valence-electron chi connectivity index (χ1n) is 18.1. The van der Waals surface area contributed by atoms with Gasteiger partial charge in [-0.25, -0.2) is 4.98 Å². The van der Waals surface area contributed by atoms with Gasteiger partial charge >= 0.3 is 5.97 Å². The number of aromatic nitrogens is 2. The van der Waals surface area contributed by atoms with E-state index >= 15 is 0 Å². The number of aryl methyl sites for hydroxylation is 1. The number of hydrogen-bond donors (Lipinski definition) is 3. The number of piperidine rings is 1. The summed E-state index contributed by atoms with van der Waals surface area (Å²) in [7, 11) is 0. The molecule has 2 saturated heterocycles. The highest BCUT2D eigenvalue weighted by Gasteiger charge is 2.38. The molecule has 244 valence electrons. The van der Waals surface area contributed by atoms with Gasteiger partial charge in [-0.2, -0.15) is 4.98 Å². The number of benzene rings is 2. The Morgan fingerprint density at radius 3 is 2.24 bits per heavy atom. The molecule has 1 aromatic heterocycles. The fourth-order valence-corrected chi connectivity index (χ4v) is 9.11. The Kier molecular flexibility index (Phi) is 9.57. The van der Waals surface area contributed by atoms with E-state index in [0.29, 0.717) is 23.9 Å². The molecular formula is C39H51N5O2. The van der Waals surface area contributed by atoms with Crippen LogP contribution in [-0.2, 0) is 17.6 Å². The number of carboxylic acid groups (broad SMARTS) is 1. The molecule has 3 fully saturated rings. The summed E-state index contributed by atoms with van der Waals surface area (Å²) in [6, 6.07) is 23.7. The van der Waals surface area contributed by atoms with Crippen LogP contribution in [0.5, 0.6) is 0 Å². The van der Waals surface area contributed by atoms with Crippen molar-refractivity contribution in [2.24, 2.45) is 11.8 Å². The Morgan fingerprint density at radius 1 is 0.870 bits per heavy atom. The average Bonchev–Trinajstić information content (AvgIpc) is 3.30. The summed E-state index contributed by atoms with van der Waals surface area (Å²) >= 11 is 0. The normalized spacial score (nSPS) is 27.4. The largest absolute Gasteiger partial charge is 0.481 e. The standard InChI is InChI=1S/C39H51N5O2/c1-2-34(28-16-18-29(19-17-28)38(45)46)41-39-42-35-23-20-30(26-10-5-3-6-11-26)24-33(35)37(43-39)40-36(27-12-7-4-8-13-27)25-44-31-14-9-15-32(44)22-21-31/h3-8,10-13,28-32,34,36H,2,9,14-25H2,1H3,(H,45,46)(H2,40,41,42,43)/t28?,29?,30-,31-,32-,34-,36+/m1/s1. The Bertz CT molecular complexity index is 1440. The van der Waals surface area contributed by atoms with Crippen molar-refractivity contribution in [3.05, 3.63) is 83.0 Å². The number of hydrogen-bond acceptors (Lipinski definition) is 6. The van der Waals surface area contributed by atoms with Crippen molar-refractivity contribution in [1.29, 1.82) is 0 Å². The fourth-order valence-electron chi connectivity index (χ4n) is 9.11. The zero-order valence-corrected chi connectivity index (χ0v) is 27.4. The molecule has 1 saturated carbocycles. The average molecular weight is 622 g/mol. The molecule has 2 aromatic carbocycles. The summed E-state index contributed by atoms with van der Waals surface area (Å²) in [6.07, 6.45) is 14.0. The second-order valence-corrected chi connectivity index (χ2v) is 14.4. The van der Waals surface area contributed by atoms with Crippen LogP contribution in [0.2, 0.25) is 0 Å². The van der Waals surface area contributed by atoms with Crippen molar-refractivity contribution in [3.8, 4) is 0 Å². The molecular weight excluding hydrogens is 570 g/mol. The highest BCUT2D eigenvalue weighted by Crippen LogP contribution is 2.40. The molecule has 7 nitrogen and oxygen atoms in total. The number of fused-ring (bicyclic) bond motifs is 3. The molecule has 3 N–H and O–H groups in total. The third-order valence-corrected chi connectivity index (χ3v) is 11.7. The molecule has 7 heteroatoms. The first kappa shape index (κ1) is 31.2. The number of carbonyl (C=O) groups is 1. The van der Waals surface area contributed by atoms with Crippen LogP contribution in [0.3, 0.4) is 0 Å². The zero-order valence-electron chi connectivity index (χ0n) is 27.4. The van der Waals surface area contributed by atoms with Crippen molar-refractivity contribution in [2.45, 2.75) is 120 Å². The molecule has 5 atom stereocenters. The van der Waals surface area contributed by atoms with Crippen molar-refractivity contribution in [2.75, 3.05) is 17.2 Å². The number of aliphatic carboxylic acids is 1. The van der Waals surface area contributed by atoms with E-state index in [1.54, 1.807) is 0 Å². The molecule has 2 bridgehead atoms. The van der Waals surface area contributed by atoms with Crippen LogP contribution < -0.4 is 10.6 Å². The SMILES string of the molecule is CC[C@@H](Nc1nc2c(c(N[C@@H](CN3[C@@H]4CCC[C@@H]3CC4)c3ccccc3)n1)C[C@H](c1ccccc1)CC2)C1CCC(C(=O)O)CC1. The van der Waals surface area contributed by atoms with E-state index < -0.39 is 5.97 Å². The van der Waals surface area contributed by atoms with Crippen LogP contribution in [-0.4, -0.2) is 50.6 Å². The van der Waals surface area contributed by atoms with E-state index in [4.69, 9.17) is 9.97 Å². The minimum absolute atomic E-state index is 0.139. The Hall–Kier alpha value is -3.45. The van der Waals surface area contributed by atoms with Crippen LogP contribution in [0.1, 0.15) is 112 Å². The minimum atomic E-state index is -0.646. The van der Waals surface area contributed by atoms with Gasteiger partial charge in [0, 0.05) is 30.2 Å². The van der Waals surface area contributed by atoms with Crippen LogP contribution >= 0.6 is 0 Å². The van der Waals surface area contributed by atoms with E-state index in [1.165, 1.54) is 54.5 Å². The molecule has 0 radical (unpaired) electrons. The van der Waals surface area contributed by atoms with Gasteiger partial charge in [0.25, 0.3) is 0 Å². The zero-order chi connectivity index (χ0) is 31.5. The highest BCUT2D eigenvalue weighted by molar-refractivity contribution is 5.70. The Morgan fingerprint density at radius 2 is 1.57 bits per heavy atom. The molecule has 3 heterocycles. The Labute approximate surface area is 274 Å². The van der Waals surface area contributed by atoms with Gasteiger partial charge in [-0.05, 0) is 100 Å².